The van der Waals surface area contributed by atoms with E-state index in [4.69, 9.17) is 4.74 Å². The van der Waals surface area contributed by atoms with Gasteiger partial charge in [0.05, 0.1) is 13.3 Å². The summed E-state index contributed by atoms with van der Waals surface area (Å²) < 4.78 is 58.5. The predicted molar refractivity (Wildman–Crippen MR) is 62.9 cm³/mol. The maximum absolute atomic E-state index is 13.2. The van der Waals surface area contributed by atoms with Crippen molar-refractivity contribution < 1.29 is 27.0 Å². The van der Waals surface area contributed by atoms with Crippen LogP contribution in [0, 0.1) is 5.82 Å². The highest BCUT2D eigenvalue weighted by atomic mass is 19.4. The van der Waals surface area contributed by atoms with E-state index in [1.165, 1.54) is 19.2 Å². The second-order valence-corrected chi connectivity index (χ2v) is 3.79. The zero-order valence-electron chi connectivity index (χ0n) is 10.2. The summed E-state index contributed by atoms with van der Waals surface area (Å²) in [6, 6.07) is 6.27. The van der Waals surface area contributed by atoms with Crippen molar-refractivity contribution in [3.8, 4) is 22.8 Å². The predicted octanol–water partition coefficient (Wildman–Crippen LogP) is 3.79. The largest absolute Gasteiger partial charge is 0.573 e. The van der Waals surface area contributed by atoms with Crippen LogP contribution in [0.5, 0.6) is 11.6 Å². The molecule has 3 nitrogen and oxygen atoms in total. The Morgan fingerprint density at radius 3 is 2.55 bits per heavy atom. The van der Waals surface area contributed by atoms with Crippen molar-refractivity contribution in [2.24, 2.45) is 0 Å². The van der Waals surface area contributed by atoms with Gasteiger partial charge in [-0.1, -0.05) is 12.1 Å². The molecule has 0 aliphatic heterocycles. The van der Waals surface area contributed by atoms with Gasteiger partial charge in [0.1, 0.15) is 11.6 Å². The lowest BCUT2D eigenvalue weighted by molar-refractivity contribution is -0.274. The van der Waals surface area contributed by atoms with E-state index < -0.39 is 17.9 Å². The molecule has 0 N–H and O–H groups in total. The van der Waals surface area contributed by atoms with Crippen molar-refractivity contribution in [2.75, 3.05) is 7.11 Å². The summed E-state index contributed by atoms with van der Waals surface area (Å²) in [5.74, 6) is -0.917. The van der Waals surface area contributed by atoms with Gasteiger partial charge in [-0.15, -0.1) is 13.2 Å². The summed E-state index contributed by atoms with van der Waals surface area (Å²) in [6.45, 7) is 0. The van der Waals surface area contributed by atoms with Crippen LogP contribution >= 0.6 is 0 Å². The fourth-order valence-corrected chi connectivity index (χ4v) is 1.66. The lowest BCUT2D eigenvalue weighted by Crippen LogP contribution is -2.17. The Morgan fingerprint density at radius 2 is 1.90 bits per heavy atom. The number of halogens is 4. The topological polar surface area (TPSA) is 31.4 Å². The number of pyridine rings is 1. The Hall–Kier alpha value is -2.31. The first-order valence-electron chi connectivity index (χ1n) is 5.45. The fraction of sp³-hybridized carbons (Fsp3) is 0.154. The van der Waals surface area contributed by atoms with E-state index >= 15 is 0 Å². The molecule has 0 fully saturated rings. The minimum absolute atomic E-state index is 0.107. The summed E-state index contributed by atoms with van der Waals surface area (Å²) in [4.78, 5) is 3.72. The lowest BCUT2D eigenvalue weighted by atomic mass is 10.1. The zero-order chi connectivity index (χ0) is 14.8. The maximum atomic E-state index is 13.2. The summed E-state index contributed by atoms with van der Waals surface area (Å²) in [6.07, 6.45) is -3.83. The average Bonchev–Trinajstić information content (AvgIpc) is 2.37. The molecule has 20 heavy (non-hydrogen) atoms. The van der Waals surface area contributed by atoms with Crippen LogP contribution in [0.2, 0.25) is 0 Å². The van der Waals surface area contributed by atoms with Gasteiger partial charge in [-0.05, 0) is 23.8 Å². The molecule has 0 radical (unpaired) electrons. The van der Waals surface area contributed by atoms with E-state index in [-0.39, 0.29) is 11.4 Å². The fourth-order valence-electron chi connectivity index (χ4n) is 1.66. The number of ether oxygens (including phenoxy) is 2. The third kappa shape index (κ3) is 3.37. The van der Waals surface area contributed by atoms with Crippen LogP contribution < -0.4 is 9.47 Å². The molecule has 2 rings (SSSR count). The molecule has 0 bridgehead atoms. The number of rotatable bonds is 3. The van der Waals surface area contributed by atoms with Crippen LogP contribution in [0.25, 0.3) is 11.1 Å². The highest BCUT2D eigenvalue weighted by molar-refractivity contribution is 5.69. The van der Waals surface area contributed by atoms with Crippen molar-refractivity contribution in [1.29, 1.82) is 0 Å². The van der Waals surface area contributed by atoms with Crippen LogP contribution in [-0.2, 0) is 0 Å². The second kappa shape index (κ2) is 5.36. The van der Waals surface area contributed by atoms with Crippen LogP contribution in [0.3, 0.4) is 0 Å². The van der Waals surface area contributed by atoms with E-state index in [1.54, 1.807) is 0 Å². The molecule has 0 atom stereocenters. The smallest absolute Gasteiger partial charge is 0.481 e. The van der Waals surface area contributed by atoms with Gasteiger partial charge in [-0.3, -0.25) is 0 Å². The molecule has 7 heteroatoms. The number of hydrogen-bond acceptors (Lipinski definition) is 3. The quantitative estimate of drug-likeness (QED) is 0.805. The molecular formula is C13H9F4NO2. The van der Waals surface area contributed by atoms with Gasteiger partial charge >= 0.3 is 6.36 Å². The highest BCUT2D eigenvalue weighted by Gasteiger charge is 2.31. The zero-order valence-corrected chi connectivity index (χ0v) is 10.2. The first-order valence-corrected chi connectivity index (χ1v) is 5.45. The van der Waals surface area contributed by atoms with Gasteiger partial charge in [0, 0.05) is 5.56 Å². The first-order chi connectivity index (χ1) is 9.39. The Labute approximate surface area is 111 Å². The number of nitrogens with zero attached hydrogens (tertiary/aromatic N) is 1. The summed E-state index contributed by atoms with van der Waals surface area (Å²) in [7, 11) is 1.33. The van der Waals surface area contributed by atoms with Crippen LogP contribution in [-0.4, -0.2) is 18.5 Å². The number of aromatic nitrogens is 1. The Morgan fingerprint density at radius 1 is 1.15 bits per heavy atom. The van der Waals surface area contributed by atoms with Gasteiger partial charge in [0.15, 0.2) is 0 Å². The molecule has 0 unspecified atom stereocenters. The Balaban J connectivity index is 2.43. The summed E-state index contributed by atoms with van der Waals surface area (Å²) in [5, 5.41) is 0. The molecule has 0 aliphatic carbocycles. The Bertz CT molecular complexity index is 614. The van der Waals surface area contributed by atoms with E-state index in [2.05, 4.69) is 9.72 Å². The first kappa shape index (κ1) is 14.1. The third-order valence-electron chi connectivity index (χ3n) is 2.39. The van der Waals surface area contributed by atoms with Gasteiger partial charge in [0.25, 0.3) is 0 Å². The van der Waals surface area contributed by atoms with E-state index in [0.717, 1.165) is 24.4 Å². The SMILES string of the molecule is COc1ncc(F)cc1-c1cccc(OC(F)(F)F)c1. The lowest BCUT2D eigenvalue weighted by Gasteiger charge is -2.11. The van der Waals surface area contributed by atoms with Gasteiger partial charge in [0.2, 0.25) is 5.88 Å². The number of benzene rings is 1. The van der Waals surface area contributed by atoms with Crippen molar-refractivity contribution >= 4 is 0 Å². The second-order valence-electron chi connectivity index (χ2n) is 3.79. The third-order valence-corrected chi connectivity index (χ3v) is 2.39. The molecule has 0 saturated heterocycles. The van der Waals surface area contributed by atoms with E-state index in [9.17, 15) is 17.6 Å². The molecule has 106 valence electrons. The molecule has 1 aromatic carbocycles. The van der Waals surface area contributed by atoms with Crippen LogP contribution in [0.15, 0.2) is 36.5 Å². The summed E-state index contributed by atoms with van der Waals surface area (Å²) >= 11 is 0. The minimum atomic E-state index is -4.79. The number of methoxy groups -OCH3 is 1. The van der Waals surface area contributed by atoms with Gasteiger partial charge in [-0.2, -0.15) is 0 Å². The van der Waals surface area contributed by atoms with E-state index in [0.29, 0.717) is 5.56 Å². The van der Waals surface area contributed by atoms with E-state index in [1.807, 2.05) is 0 Å². The minimum Gasteiger partial charge on any atom is -0.481 e. The van der Waals surface area contributed by atoms with Crippen LogP contribution in [0.4, 0.5) is 17.6 Å². The normalized spacial score (nSPS) is 11.2. The monoisotopic (exact) mass is 287 g/mol. The molecule has 0 saturated carbocycles. The highest BCUT2D eigenvalue weighted by Crippen LogP contribution is 2.32. The van der Waals surface area contributed by atoms with Crippen LogP contribution in [0.1, 0.15) is 0 Å². The number of hydrogen-bond donors (Lipinski definition) is 0. The summed E-state index contributed by atoms with van der Waals surface area (Å²) in [5.41, 5.74) is 0.538. The molecule has 0 amide bonds. The van der Waals surface area contributed by atoms with Crippen molar-refractivity contribution in [3.63, 3.8) is 0 Å². The molecular weight excluding hydrogens is 278 g/mol. The average molecular weight is 287 g/mol. The Kier molecular flexibility index (Phi) is 3.78. The molecule has 0 aliphatic rings. The number of alkyl halides is 3. The molecule has 1 heterocycles. The molecule has 0 spiro atoms. The van der Waals surface area contributed by atoms with Crippen molar-refractivity contribution in [2.45, 2.75) is 6.36 Å². The van der Waals surface area contributed by atoms with Crippen molar-refractivity contribution in [3.05, 3.63) is 42.3 Å². The van der Waals surface area contributed by atoms with Crippen molar-refractivity contribution in [1.82, 2.24) is 4.98 Å². The van der Waals surface area contributed by atoms with Gasteiger partial charge in [-0.25, -0.2) is 9.37 Å². The molecule has 1 aromatic heterocycles. The maximum Gasteiger partial charge on any atom is 0.573 e. The van der Waals surface area contributed by atoms with Gasteiger partial charge < -0.3 is 9.47 Å². The molecule has 2 aromatic rings. The standard InChI is InChI=1S/C13H9F4NO2/c1-19-12-11(6-9(14)7-18-12)8-3-2-4-10(5-8)20-13(15,16)17/h2-7H,1H3.